The van der Waals surface area contributed by atoms with Crippen molar-refractivity contribution in [2.45, 2.75) is 25.0 Å². The quantitative estimate of drug-likeness (QED) is 0.377. The van der Waals surface area contributed by atoms with Crippen LogP contribution in [0.15, 0.2) is 84.6 Å². The average molecular weight is 486 g/mol. The van der Waals surface area contributed by atoms with Gasteiger partial charge in [0.25, 0.3) is 0 Å². The maximum atomic E-state index is 13.9. The number of allylic oxidation sites excluding steroid dienone is 1. The van der Waals surface area contributed by atoms with E-state index in [0.29, 0.717) is 32.5 Å². The van der Waals surface area contributed by atoms with Crippen molar-refractivity contribution in [2.75, 3.05) is 13.1 Å². The molecule has 0 saturated carbocycles. The van der Waals surface area contributed by atoms with E-state index in [1.54, 1.807) is 48.5 Å². The van der Waals surface area contributed by atoms with Crippen molar-refractivity contribution in [2.24, 2.45) is 0 Å². The smallest absolute Gasteiger partial charge is 0.184 e. The van der Waals surface area contributed by atoms with Gasteiger partial charge in [0.15, 0.2) is 9.84 Å². The molecule has 1 fully saturated rings. The molecule has 6 heteroatoms. The largest absolute Gasteiger partial charge is 0.373 e. The zero-order chi connectivity index (χ0) is 22.6. The molecule has 0 unspecified atom stereocenters. The van der Waals surface area contributed by atoms with Crippen molar-refractivity contribution < 1.29 is 8.42 Å². The molecule has 0 N–H and O–H groups in total. The molecule has 166 valence electrons. The summed E-state index contributed by atoms with van der Waals surface area (Å²) in [5.74, 6) is -0.0890. The number of hydrogen-bond acceptors (Lipinski definition) is 3. The molecular weight excluding hydrogens is 461 g/mol. The molecule has 3 nitrogen and oxygen atoms in total. The monoisotopic (exact) mass is 485 g/mol. The van der Waals surface area contributed by atoms with Gasteiger partial charge in [0.2, 0.25) is 0 Å². The summed E-state index contributed by atoms with van der Waals surface area (Å²) in [6, 6.07) is 24.1. The summed E-state index contributed by atoms with van der Waals surface area (Å²) in [6.45, 7) is 1.71. The number of benzene rings is 3. The van der Waals surface area contributed by atoms with Crippen molar-refractivity contribution >= 4 is 37.9 Å². The third-order valence-electron chi connectivity index (χ3n) is 5.65. The SMILES string of the molecule is O=S(=O)(Cc1ccc(Cl)cc1)/C(=C(/Cc1ccccc1)N1CCCC1)c1ccc(Cl)cc1. The van der Waals surface area contributed by atoms with E-state index in [-0.39, 0.29) is 5.75 Å². The molecule has 1 aliphatic heterocycles. The fraction of sp³-hybridized carbons (Fsp3) is 0.231. The zero-order valence-electron chi connectivity index (χ0n) is 17.7. The maximum absolute atomic E-state index is 13.9. The Morgan fingerprint density at radius 2 is 1.31 bits per heavy atom. The van der Waals surface area contributed by atoms with Gasteiger partial charge in [0, 0.05) is 35.3 Å². The number of sulfone groups is 1. The lowest BCUT2D eigenvalue weighted by Gasteiger charge is -2.26. The van der Waals surface area contributed by atoms with Gasteiger partial charge in [0.1, 0.15) is 0 Å². The van der Waals surface area contributed by atoms with Crippen LogP contribution in [0.4, 0.5) is 0 Å². The molecule has 0 aromatic heterocycles. The van der Waals surface area contributed by atoms with Crippen molar-refractivity contribution in [3.05, 3.63) is 111 Å². The van der Waals surface area contributed by atoms with Crippen LogP contribution in [0.1, 0.15) is 29.5 Å². The van der Waals surface area contributed by atoms with Gasteiger partial charge in [-0.1, -0.05) is 77.8 Å². The highest BCUT2D eigenvalue weighted by Crippen LogP contribution is 2.34. The second-order valence-corrected chi connectivity index (χ2v) is 10.8. The Morgan fingerprint density at radius 1 is 0.750 bits per heavy atom. The number of rotatable bonds is 7. The maximum Gasteiger partial charge on any atom is 0.184 e. The second kappa shape index (κ2) is 10.1. The number of nitrogens with zero attached hydrogens (tertiary/aromatic N) is 1. The van der Waals surface area contributed by atoms with Gasteiger partial charge in [-0.3, -0.25) is 0 Å². The minimum Gasteiger partial charge on any atom is -0.373 e. The zero-order valence-corrected chi connectivity index (χ0v) is 20.0. The van der Waals surface area contributed by atoms with Crippen molar-refractivity contribution in [3.8, 4) is 0 Å². The Balaban J connectivity index is 1.87. The molecule has 1 saturated heterocycles. The van der Waals surface area contributed by atoms with E-state index in [4.69, 9.17) is 23.2 Å². The minimum atomic E-state index is -3.66. The fourth-order valence-electron chi connectivity index (χ4n) is 4.11. The van der Waals surface area contributed by atoms with E-state index < -0.39 is 9.84 Å². The molecule has 0 radical (unpaired) electrons. The molecule has 4 rings (SSSR count). The molecule has 0 atom stereocenters. The molecular formula is C26H25Cl2NO2S. The van der Waals surface area contributed by atoms with Crippen LogP contribution >= 0.6 is 23.2 Å². The normalized spacial score (nSPS) is 15.0. The molecule has 0 amide bonds. The Kier molecular flexibility index (Phi) is 7.24. The van der Waals surface area contributed by atoms with Gasteiger partial charge in [-0.25, -0.2) is 8.42 Å². The summed E-state index contributed by atoms with van der Waals surface area (Å²) in [6.07, 6.45) is 2.67. The molecule has 0 aliphatic carbocycles. The molecule has 3 aromatic carbocycles. The number of likely N-dealkylation sites (tertiary alicyclic amines) is 1. The van der Waals surface area contributed by atoms with E-state index in [9.17, 15) is 8.42 Å². The van der Waals surface area contributed by atoms with Gasteiger partial charge in [-0.2, -0.15) is 0 Å². The molecule has 1 heterocycles. The standard InChI is InChI=1S/C26H25Cl2NO2S/c27-23-12-8-21(9-13-23)19-32(30,31)26(22-10-14-24(28)15-11-22)25(29-16-4-5-17-29)18-20-6-2-1-3-7-20/h1-3,6-15H,4-5,16-19H2/b26-25-. The van der Waals surface area contributed by atoms with Crippen LogP contribution in [-0.2, 0) is 22.0 Å². The Hall–Kier alpha value is -2.27. The summed E-state index contributed by atoms with van der Waals surface area (Å²) >= 11 is 12.1. The topological polar surface area (TPSA) is 37.4 Å². The summed E-state index contributed by atoms with van der Waals surface area (Å²) < 4.78 is 27.8. The Bertz CT molecular complexity index is 1180. The minimum absolute atomic E-state index is 0.0890. The van der Waals surface area contributed by atoms with Gasteiger partial charge in [-0.05, 0) is 53.8 Å². The van der Waals surface area contributed by atoms with E-state index in [2.05, 4.69) is 4.90 Å². The fourth-order valence-corrected chi connectivity index (χ4v) is 6.19. The molecule has 0 bridgehead atoms. The highest BCUT2D eigenvalue weighted by atomic mass is 35.5. The van der Waals surface area contributed by atoms with Crippen LogP contribution in [0.5, 0.6) is 0 Å². The second-order valence-electron chi connectivity index (χ2n) is 8.02. The van der Waals surface area contributed by atoms with Crippen molar-refractivity contribution in [3.63, 3.8) is 0 Å². The van der Waals surface area contributed by atoms with Gasteiger partial charge >= 0.3 is 0 Å². The van der Waals surface area contributed by atoms with Crippen LogP contribution in [-0.4, -0.2) is 26.4 Å². The predicted octanol–water partition coefficient (Wildman–Crippen LogP) is 6.62. The van der Waals surface area contributed by atoms with Crippen molar-refractivity contribution in [1.29, 1.82) is 0 Å². The number of halogens is 2. The first-order valence-electron chi connectivity index (χ1n) is 10.7. The molecule has 32 heavy (non-hydrogen) atoms. The summed E-state index contributed by atoms with van der Waals surface area (Å²) in [5, 5.41) is 1.16. The van der Waals surface area contributed by atoms with E-state index in [1.807, 2.05) is 30.3 Å². The molecule has 0 spiro atoms. The van der Waals surface area contributed by atoms with E-state index in [1.165, 1.54) is 0 Å². The van der Waals surface area contributed by atoms with Crippen LogP contribution < -0.4 is 0 Å². The summed E-state index contributed by atoms with van der Waals surface area (Å²) in [4.78, 5) is 2.62. The first-order valence-corrected chi connectivity index (χ1v) is 13.1. The summed E-state index contributed by atoms with van der Waals surface area (Å²) in [7, 11) is -3.66. The lowest BCUT2D eigenvalue weighted by atomic mass is 10.1. The van der Waals surface area contributed by atoms with Crippen LogP contribution in [0.25, 0.3) is 4.91 Å². The number of hydrogen-bond donors (Lipinski definition) is 0. The van der Waals surface area contributed by atoms with Crippen LogP contribution in [0.3, 0.4) is 0 Å². The molecule has 3 aromatic rings. The van der Waals surface area contributed by atoms with E-state index >= 15 is 0 Å². The van der Waals surface area contributed by atoms with Gasteiger partial charge < -0.3 is 4.90 Å². The first kappa shape index (κ1) is 22.9. The van der Waals surface area contributed by atoms with Crippen LogP contribution in [0.2, 0.25) is 10.0 Å². The average Bonchev–Trinajstić information content (AvgIpc) is 3.31. The van der Waals surface area contributed by atoms with Crippen LogP contribution in [0, 0.1) is 0 Å². The summed E-state index contributed by atoms with van der Waals surface area (Å²) in [5.41, 5.74) is 3.31. The highest BCUT2D eigenvalue weighted by Gasteiger charge is 2.29. The van der Waals surface area contributed by atoms with E-state index in [0.717, 1.165) is 37.2 Å². The Labute approximate surface area is 200 Å². The predicted molar refractivity (Wildman–Crippen MR) is 133 cm³/mol. The highest BCUT2D eigenvalue weighted by molar-refractivity contribution is 7.99. The van der Waals surface area contributed by atoms with Gasteiger partial charge in [0.05, 0.1) is 10.7 Å². The third-order valence-corrected chi connectivity index (χ3v) is 7.96. The lowest BCUT2D eigenvalue weighted by molar-refractivity contribution is 0.419. The van der Waals surface area contributed by atoms with Gasteiger partial charge in [-0.15, -0.1) is 0 Å². The lowest BCUT2D eigenvalue weighted by Crippen LogP contribution is -2.24. The first-order chi connectivity index (χ1) is 15.4. The van der Waals surface area contributed by atoms with Crippen molar-refractivity contribution in [1.82, 2.24) is 4.90 Å². The third kappa shape index (κ3) is 5.55. The molecule has 1 aliphatic rings. The Morgan fingerprint density at radius 3 is 1.91 bits per heavy atom.